The van der Waals surface area contributed by atoms with E-state index in [1.165, 1.54) is 30.4 Å². The summed E-state index contributed by atoms with van der Waals surface area (Å²) >= 11 is 2.54. The molecule has 0 fully saturated rings. The van der Waals surface area contributed by atoms with E-state index in [0.29, 0.717) is 15.8 Å². The third-order valence-corrected chi connectivity index (χ3v) is 6.27. The van der Waals surface area contributed by atoms with Crippen LogP contribution in [-0.2, 0) is 16.1 Å². The maximum Gasteiger partial charge on any atom is 0.339 e. The standard InChI is InChI=1S/C21H19N3O5S2/c1-13-12-30-21(23-13)31-18-9-8-16(10-17(18)24(27)28)20(26)29-14(2)19(25)22-11-15-6-4-3-5-7-15/h3-10,12,14H,11H2,1-2H3,(H,22,25)/t14-/m0/s1. The molecule has 0 bridgehead atoms. The molecule has 1 aromatic heterocycles. The molecule has 0 saturated heterocycles. The van der Waals surface area contributed by atoms with Crippen LogP contribution in [0.2, 0.25) is 0 Å². The molecule has 3 rings (SSSR count). The minimum Gasteiger partial charge on any atom is -0.449 e. The SMILES string of the molecule is Cc1csc(Sc2ccc(C(=O)O[C@@H](C)C(=O)NCc3ccccc3)cc2[N+](=O)[O-])n1. The number of carbonyl (C=O) groups is 2. The van der Waals surface area contributed by atoms with Crippen molar-refractivity contribution in [3.05, 3.63) is 80.8 Å². The molecule has 160 valence electrons. The van der Waals surface area contributed by atoms with Crippen LogP contribution in [0.25, 0.3) is 0 Å². The van der Waals surface area contributed by atoms with Gasteiger partial charge in [0.25, 0.3) is 11.6 Å². The van der Waals surface area contributed by atoms with Crippen molar-refractivity contribution in [1.29, 1.82) is 0 Å². The molecular formula is C21H19N3O5S2. The number of hydrogen-bond acceptors (Lipinski definition) is 8. The van der Waals surface area contributed by atoms with Gasteiger partial charge in [-0.3, -0.25) is 14.9 Å². The first-order valence-corrected chi connectivity index (χ1v) is 10.9. The lowest BCUT2D eigenvalue weighted by atomic mass is 10.2. The van der Waals surface area contributed by atoms with Crippen molar-refractivity contribution in [3.8, 4) is 0 Å². The summed E-state index contributed by atoms with van der Waals surface area (Å²) in [5.41, 5.74) is 1.51. The Morgan fingerprint density at radius 3 is 2.65 bits per heavy atom. The summed E-state index contributed by atoms with van der Waals surface area (Å²) in [7, 11) is 0. The van der Waals surface area contributed by atoms with Crippen molar-refractivity contribution in [1.82, 2.24) is 10.3 Å². The third kappa shape index (κ3) is 6.12. The number of carbonyl (C=O) groups excluding carboxylic acids is 2. The molecule has 31 heavy (non-hydrogen) atoms. The molecule has 1 amide bonds. The molecule has 1 N–H and O–H groups in total. The second-order valence-corrected chi connectivity index (χ2v) is 8.69. The van der Waals surface area contributed by atoms with E-state index in [0.717, 1.165) is 29.1 Å². The van der Waals surface area contributed by atoms with E-state index in [4.69, 9.17) is 4.74 Å². The molecular weight excluding hydrogens is 438 g/mol. The molecule has 1 atom stereocenters. The van der Waals surface area contributed by atoms with Gasteiger partial charge in [-0.25, -0.2) is 9.78 Å². The van der Waals surface area contributed by atoms with E-state index in [2.05, 4.69) is 10.3 Å². The van der Waals surface area contributed by atoms with Gasteiger partial charge in [0.05, 0.1) is 15.4 Å². The van der Waals surface area contributed by atoms with E-state index in [9.17, 15) is 19.7 Å². The van der Waals surface area contributed by atoms with Crippen LogP contribution in [-0.4, -0.2) is 27.9 Å². The fourth-order valence-corrected chi connectivity index (χ4v) is 4.44. The summed E-state index contributed by atoms with van der Waals surface area (Å²) in [6.07, 6.45) is -1.05. The number of nitro benzene ring substituents is 1. The molecule has 2 aromatic carbocycles. The van der Waals surface area contributed by atoms with Crippen LogP contribution in [0.3, 0.4) is 0 Å². The first kappa shape index (κ1) is 22.4. The van der Waals surface area contributed by atoms with Crippen molar-refractivity contribution >= 4 is 40.7 Å². The maximum atomic E-state index is 12.4. The topological polar surface area (TPSA) is 111 Å². The number of aryl methyl sites for hydroxylation is 1. The van der Waals surface area contributed by atoms with Gasteiger partial charge in [0, 0.05) is 23.7 Å². The number of ether oxygens (including phenoxy) is 1. The lowest BCUT2D eigenvalue weighted by molar-refractivity contribution is -0.387. The number of nitro groups is 1. The maximum absolute atomic E-state index is 12.4. The number of nitrogens with one attached hydrogen (secondary N) is 1. The normalized spacial score (nSPS) is 11.5. The molecule has 0 aliphatic rings. The monoisotopic (exact) mass is 457 g/mol. The quantitative estimate of drug-likeness (QED) is 0.304. The summed E-state index contributed by atoms with van der Waals surface area (Å²) in [6, 6.07) is 13.4. The molecule has 0 spiro atoms. The summed E-state index contributed by atoms with van der Waals surface area (Å²) in [6.45, 7) is 3.59. The van der Waals surface area contributed by atoms with Crippen molar-refractivity contribution in [3.63, 3.8) is 0 Å². The van der Waals surface area contributed by atoms with E-state index < -0.39 is 22.9 Å². The van der Waals surface area contributed by atoms with Crippen LogP contribution in [0.5, 0.6) is 0 Å². The van der Waals surface area contributed by atoms with Crippen LogP contribution >= 0.6 is 23.1 Å². The molecule has 0 saturated carbocycles. The number of hydrogen-bond donors (Lipinski definition) is 1. The average molecular weight is 458 g/mol. The fraction of sp³-hybridized carbons (Fsp3) is 0.190. The highest BCUT2D eigenvalue weighted by molar-refractivity contribution is 8.01. The number of rotatable bonds is 8. The third-order valence-electron chi connectivity index (χ3n) is 4.15. The molecule has 3 aromatic rings. The Morgan fingerprint density at radius 2 is 2.00 bits per heavy atom. The Hall–Kier alpha value is -3.24. The summed E-state index contributed by atoms with van der Waals surface area (Å²) in [5, 5.41) is 16.0. The Kier molecular flexibility index (Phi) is 7.37. The van der Waals surface area contributed by atoms with Gasteiger partial charge in [-0.2, -0.15) is 0 Å². The van der Waals surface area contributed by atoms with Crippen molar-refractivity contribution in [2.24, 2.45) is 0 Å². The highest BCUT2D eigenvalue weighted by Gasteiger charge is 2.23. The minimum absolute atomic E-state index is 0.00548. The lowest BCUT2D eigenvalue weighted by Gasteiger charge is -2.14. The number of amides is 1. The highest BCUT2D eigenvalue weighted by atomic mass is 32.2. The Balaban J connectivity index is 1.65. The van der Waals surface area contributed by atoms with Crippen LogP contribution in [0, 0.1) is 17.0 Å². The van der Waals surface area contributed by atoms with Crippen molar-refractivity contribution < 1.29 is 19.2 Å². The predicted octanol–water partition coefficient (Wildman–Crippen LogP) is 4.37. The first-order chi connectivity index (χ1) is 14.8. The van der Waals surface area contributed by atoms with Gasteiger partial charge in [-0.05, 0) is 31.5 Å². The molecule has 10 heteroatoms. The average Bonchev–Trinajstić information content (AvgIpc) is 3.17. The molecule has 0 radical (unpaired) electrons. The minimum atomic E-state index is -1.05. The first-order valence-electron chi connectivity index (χ1n) is 9.24. The molecule has 0 aliphatic carbocycles. The number of nitrogens with zero attached hydrogens (tertiary/aromatic N) is 2. The van der Waals surface area contributed by atoms with E-state index in [1.807, 2.05) is 42.6 Å². The van der Waals surface area contributed by atoms with E-state index in [-0.39, 0.29) is 11.3 Å². The Labute approximate surface area is 186 Å². The smallest absolute Gasteiger partial charge is 0.339 e. The van der Waals surface area contributed by atoms with Crippen LogP contribution in [0.1, 0.15) is 28.5 Å². The van der Waals surface area contributed by atoms with Gasteiger partial charge in [0.15, 0.2) is 10.4 Å². The van der Waals surface area contributed by atoms with Gasteiger partial charge in [0.1, 0.15) is 0 Å². The highest BCUT2D eigenvalue weighted by Crippen LogP contribution is 2.36. The molecule has 8 nitrogen and oxygen atoms in total. The van der Waals surface area contributed by atoms with Crippen LogP contribution < -0.4 is 5.32 Å². The summed E-state index contributed by atoms with van der Waals surface area (Å²) in [5.74, 6) is -1.27. The van der Waals surface area contributed by atoms with Gasteiger partial charge in [-0.1, -0.05) is 42.1 Å². The Bertz CT molecular complexity index is 1100. The second kappa shape index (κ2) is 10.2. The zero-order valence-electron chi connectivity index (χ0n) is 16.7. The largest absolute Gasteiger partial charge is 0.449 e. The summed E-state index contributed by atoms with van der Waals surface area (Å²) in [4.78, 5) is 40.2. The zero-order chi connectivity index (χ0) is 22.4. The Morgan fingerprint density at radius 1 is 1.26 bits per heavy atom. The van der Waals surface area contributed by atoms with Crippen molar-refractivity contribution in [2.45, 2.75) is 35.7 Å². The molecule has 1 heterocycles. The van der Waals surface area contributed by atoms with Crippen LogP contribution in [0.15, 0.2) is 63.1 Å². The predicted molar refractivity (Wildman–Crippen MR) is 117 cm³/mol. The zero-order valence-corrected chi connectivity index (χ0v) is 18.4. The van der Waals surface area contributed by atoms with Gasteiger partial charge in [-0.15, -0.1) is 11.3 Å². The summed E-state index contributed by atoms with van der Waals surface area (Å²) < 4.78 is 5.86. The number of esters is 1. The van der Waals surface area contributed by atoms with E-state index in [1.54, 1.807) is 0 Å². The van der Waals surface area contributed by atoms with Gasteiger partial charge in [0.2, 0.25) is 0 Å². The van der Waals surface area contributed by atoms with Gasteiger partial charge >= 0.3 is 5.97 Å². The molecule has 0 aliphatic heterocycles. The number of benzene rings is 2. The lowest BCUT2D eigenvalue weighted by Crippen LogP contribution is -2.35. The van der Waals surface area contributed by atoms with Gasteiger partial charge < -0.3 is 10.1 Å². The fourth-order valence-electron chi connectivity index (χ4n) is 2.56. The number of aromatic nitrogens is 1. The molecule has 0 unspecified atom stereocenters. The van der Waals surface area contributed by atoms with Crippen molar-refractivity contribution in [2.75, 3.05) is 0 Å². The van der Waals surface area contributed by atoms with Crippen LogP contribution in [0.4, 0.5) is 5.69 Å². The number of thiazole rings is 1. The second-order valence-electron chi connectivity index (χ2n) is 6.55. The van der Waals surface area contributed by atoms with E-state index >= 15 is 0 Å².